The van der Waals surface area contributed by atoms with E-state index in [1.165, 1.54) is 0 Å². The predicted octanol–water partition coefficient (Wildman–Crippen LogP) is 2.71. The van der Waals surface area contributed by atoms with Crippen LogP contribution in [-0.2, 0) is 4.74 Å². The van der Waals surface area contributed by atoms with E-state index in [0.29, 0.717) is 13.2 Å². The molecule has 2 rings (SSSR count). The molecule has 1 aromatic rings. The van der Waals surface area contributed by atoms with E-state index < -0.39 is 27.9 Å². The van der Waals surface area contributed by atoms with Gasteiger partial charge in [0.1, 0.15) is 0 Å². The van der Waals surface area contributed by atoms with E-state index in [9.17, 15) is 18.9 Å². The lowest BCUT2D eigenvalue weighted by Crippen LogP contribution is -2.21. The average Bonchev–Trinajstić information content (AvgIpc) is 2.76. The van der Waals surface area contributed by atoms with E-state index in [0.717, 1.165) is 18.6 Å². The van der Waals surface area contributed by atoms with E-state index in [1.54, 1.807) is 0 Å². The number of anilines is 1. The van der Waals surface area contributed by atoms with E-state index >= 15 is 0 Å². The van der Waals surface area contributed by atoms with Crippen LogP contribution in [-0.4, -0.2) is 24.2 Å². The third-order valence-electron chi connectivity index (χ3n) is 3.34. The minimum absolute atomic E-state index is 0.00294. The lowest BCUT2D eigenvalue weighted by atomic mass is 10.0. The van der Waals surface area contributed by atoms with Crippen LogP contribution >= 0.6 is 0 Å². The molecular weight excluding hydrogens is 258 g/mol. The Balaban J connectivity index is 2.18. The van der Waals surface area contributed by atoms with Gasteiger partial charge in [0.05, 0.1) is 11.0 Å². The highest BCUT2D eigenvalue weighted by atomic mass is 19.2. The third kappa shape index (κ3) is 2.81. The molecule has 0 saturated carbocycles. The van der Waals surface area contributed by atoms with Gasteiger partial charge in [0.15, 0.2) is 17.3 Å². The number of hydrogen-bond donors (Lipinski definition) is 1. The Morgan fingerprint density at radius 2 is 2.26 bits per heavy atom. The molecule has 1 fully saturated rings. The minimum atomic E-state index is -1.22. The Hall–Kier alpha value is -1.76. The fourth-order valence-corrected chi connectivity index (χ4v) is 2.14. The molecule has 0 spiro atoms. The second kappa shape index (κ2) is 5.48. The summed E-state index contributed by atoms with van der Waals surface area (Å²) in [6.07, 6.45) is 0.794. The van der Waals surface area contributed by atoms with Gasteiger partial charge in [-0.2, -0.15) is 0 Å². The Morgan fingerprint density at radius 1 is 1.53 bits per heavy atom. The monoisotopic (exact) mass is 272 g/mol. The van der Waals surface area contributed by atoms with Gasteiger partial charge in [-0.1, -0.05) is 0 Å². The highest BCUT2D eigenvalue weighted by molar-refractivity contribution is 5.62. The molecule has 2 atom stereocenters. The van der Waals surface area contributed by atoms with E-state index in [2.05, 4.69) is 5.32 Å². The number of halogens is 2. The molecule has 19 heavy (non-hydrogen) atoms. The number of nitro groups is 1. The van der Waals surface area contributed by atoms with Crippen molar-refractivity contribution in [1.82, 2.24) is 0 Å². The number of nitrogens with one attached hydrogen (secondary N) is 1. The topological polar surface area (TPSA) is 64.4 Å². The molecule has 0 aliphatic carbocycles. The van der Waals surface area contributed by atoms with Crippen LogP contribution in [0.1, 0.15) is 13.3 Å². The number of rotatable bonds is 4. The molecule has 0 bridgehead atoms. The lowest BCUT2D eigenvalue weighted by Gasteiger charge is -2.16. The van der Waals surface area contributed by atoms with Crippen molar-refractivity contribution < 1.29 is 18.4 Å². The molecule has 0 amide bonds. The van der Waals surface area contributed by atoms with Crippen molar-refractivity contribution in [1.29, 1.82) is 0 Å². The smallest absolute Gasteiger partial charge is 0.295 e. The van der Waals surface area contributed by atoms with Gasteiger partial charge in [-0.3, -0.25) is 10.1 Å². The molecule has 1 aliphatic heterocycles. The normalized spacial score (nSPS) is 22.5. The maximum Gasteiger partial charge on any atom is 0.295 e. The van der Waals surface area contributed by atoms with Crippen molar-refractivity contribution in [3.63, 3.8) is 0 Å². The summed E-state index contributed by atoms with van der Waals surface area (Å²) in [6.45, 7) is 2.80. The van der Waals surface area contributed by atoms with Crippen molar-refractivity contribution >= 4 is 11.4 Å². The Kier molecular flexibility index (Phi) is 3.94. The summed E-state index contributed by atoms with van der Waals surface area (Å²) in [5.74, 6) is -2.20. The SMILES string of the molecule is CC1OCCC1CNc1c([N+](=O)[O-])ccc(F)c1F. The largest absolute Gasteiger partial charge is 0.378 e. The van der Waals surface area contributed by atoms with Crippen LogP contribution in [0.5, 0.6) is 0 Å². The van der Waals surface area contributed by atoms with Crippen molar-refractivity contribution in [2.75, 3.05) is 18.5 Å². The van der Waals surface area contributed by atoms with E-state index in [4.69, 9.17) is 4.74 Å². The van der Waals surface area contributed by atoms with Gasteiger partial charge in [-0.15, -0.1) is 0 Å². The molecule has 7 heteroatoms. The number of benzene rings is 1. The molecule has 104 valence electrons. The zero-order valence-electron chi connectivity index (χ0n) is 10.4. The summed E-state index contributed by atoms with van der Waals surface area (Å²) in [5, 5.41) is 13.4. The number of hydrogen-bond acceptors (Lipinski definition) is 4. The first kappa shape index (κ1) is 13.7. The quantitative estimate of drug-likeness (QED) is 0.676. The fourth-order valence-electron chi connectivity index (χ4n) is 2.14. The van der Waals surface area contributed by atoms with Crippen molar-refractivity contribution in [3.8, 4) is 0 Å². The summed E-state index contributed by atoms with van der Waals surface area (Å²) in [6, 6.07) is 1.70. The molecule has 0 aromatic heterocycles. The minimum Gasteiger partial charge on any atom is -0.378 e. The molecule has 5 nitrogen and oxygen atoms in total. The predicted molar refractivity (Wildman–Crippen MR) is 65.0 cm³/mol. The molecule has 1 N–H and O–H groups in total. The fraction of sp³-hybridized carbons (Fsp3) is 0.500. The highest BCUT2D eigenvalue weighted by Gasteiger charge is 2.27. The second-order valence-corrected chi connectivity index (χ2v) is 4.52. The zero-order valence-corrected chi connectivity index (χ0v) is 10.4. The summed E-state index contributed by atoms with van der Waals surface area (Å²) in [4.78, 5) is 10.1. The number of ether oxygens (including phenoxy) is 1. The summed E-state index contributed by atoms with van der Waals surface area (Å²) >= 11 is 0. The van der Waals surface area contributed by atoms with Crippen LogP contribution in [0.4, 0.5) is 20.2 Å². The van der Waals surface area contributed by atoms with Gasteiger partial charge >= 0.3 is 0 Å². The van der Waals surface area contributed by atoms with Gasteiger partial charge in [0, 0.05) is 25.1 Å². The molecule has 1 heterocycles. The van der Waals surface area contributed by atoms with Crippen molar-refractivity contribution in [2.24, 2.45) is 5.92 Å². The molecule has 1 aromatic carbocycles. The van der Waals surface area contributed by atoms with Crippen LogP contribution < -0.4 is 5.32 Å². The lowest BCUT2D eigenvalue weighted by molar-refractivity contribution is -0.384. The maximum absolute atomic E-state index is 13.6. The summed E-state index contributed by atoms with van der Waals surface area (Å²) in [7, 11) is 0. The summed E-state index contributed by atoms with van der Waals surface area (Å²) < 4.78 is 32.1. The van der Waals surface area contributed by atoms with Gasteiger partial charge in [0.25, 0.3) is 5.69 Å². The Morgan fingerprint density at radius 3 is 2.84 bits per heavy atom. The van der Waals surface area contributed by atoms with Crippen LogP contribution in [0.15, 0.2) is 12.1 Å². The van der Waals surface area contributed by atoms with Gasteiger partial charge in [-0.05, 0) is 19.4 Å². The van der Waals surface area contributed by atoms with Crippen LogP contribution in [0, 0.1) is 27.7 Å². The van der Waals surface area contributed by atoms with Crippen molar-refractivity contribution in [2.45, 2.75) is 19.4 Å². The van der Waals surface area contributed by atoms with Gasteiger partial charge in [-0.25, -0.2) is 8.78 Å². The molecule has 0 radical (unpaired) electrons. The van der Waals surface area contributed by atoms with Gasteiger partial charge < -0.3 is 10.1 Å². The highest BCUT2D eigenvalue weighted by Crippen LogP contribution is 2.30. The maximum atomic E-state index is 13.6. The van der Waals surface area contributed by atoms with E-state index in [1.807, 2.05) is 6.92 Å². The van der Waals surface area contributed by atoms with Gasteiger partial charge in [0.2, 0.25) is 0 Å². The molecule has 1 saturated heterocycles. The first-order valence-corrected chi connectivity index (χ1v) is 5.98. The first-order valence-electron chi connectivity index (χ1n) is 5.98. The van der Waals surface area contributed by atoms with Crippen LogP contribution in [0.2, 0.25) is 0 Å². The standard InChI is InChI=1S/C12H14F2N2O3/c1-7-8(4-5-19-7)6-15-12-10(16(17)18)3-2-9(13)11(12)14/h2-3,7-8,15H,4-6H2,1H3. The van der Waals surface area contributed by atoms with Crippen LogP contribution in [0.3, 0.4) is 0 Å². The van der Waals surface area contributed by atoms with Crippen molar-refractivity contribution in [3.05, 3.63) is 33.9 Å². The second-order valence-electron chi connectivity index (χ2n) is 4.52. The number of nitro benzene ring substituents is 1. The van der Waals surface area contributed by atoms with Crippen LogP contribution in [0.25, 0.3) is 0 Å². The average molecular weight is 272 g/mol. The third-order valence-corrected chi connectivity index (χ3v) is 3.34. The Bertz CT molecular complexity index is 496. The molecular formula is C12H14F2N2O3. The first-order chi connectivity index (χ1) is 9.00. The number of nitrogens with zero attached hydrogens (tertiary/aromatic N) is 1. The van der Waals surface area contributed by atoms with E-state index in [-0.39, 0.29) is 12.0 Å². The Labute approximate surface area is 108 Å². The molecule has 1 aliphatic rings. The molecule has 2 unspecified atom stereocenters. The zero-order chi connectivity index (χ0) is 14.0. The summed E-state index contributed by atoms with van der Waals surface area (Å²) in [5.41, 5.74) is -0.866.